The summed E-state index contributed by atoms with van der Waals surface area (Å²) in [4.78, 5) is 24.4. The highest BCUT2D eigenvalue weighted by Crippen LogP contribution is 2.28. The lowest BCUT2D eigenvalue weighted by Crippen LogP contribution is -2.39. The minimum Gasteiger partial charge on any atom is -0.460 e. The molecule has 0 saturated heterocycles. The molecule has 1 aromatic heterocycles. The van der Waals surface area contributed by atoms with Crippen molar-refractivity contribution in [3.05, 3.63) is 75.6 Å². The van der Waals surface area contributed by atoms with Gasteiger partial charge in [-0.25, -0.2) is 13.2 Å². The van der Waals surface area contributed by atoms with Gasteiger partial charge >= 0.3 is 11.6 Å². The van der Waals surface area contributed by atoms with Crippen LogP contribution in [0.25, 0.3) is 11.0 Å². The predicted octanol–water partition coefficient (Wildman–Crippen LogP) is 2.69. The third-order valence-corrected chi connectivity index (χ3v) is 6.71. The van der Waals surface area contributed by atoms with Gasteiger partial charge in [0.25, 0.3) is 0 Å². The molecule has 3 aromatic rings. The molecule has 156 valence electrons. The van der Waals surface area contributed by atoms with Crippen LogP contribution in [0, 0.1) is 0 Å². The summed E-state index contributed by atoms with van der Waals surface area (Å²) in [5.41, 5.74) is 2.84. The number of fused-ring (bicyclic) bond motifs is 2. The van der Waals surface area contributed by atoms with E-state index in [2.05, 4.69) is 4.72 Å². The molecule has 8 heteroatoms. The smallest absolute Gasteiger partial charge is 0.336 e. The van der Waals surface area contributed by atoms with Gasteiger partial charge in [-0.3, -0.25) is 4.79 Å². The van der Waals surface area contributed by atoms with Crippen LogP contribution in [0.1, 0.15) is 30.0 Å². The van der Waals surface area contributed by atoms with Crippen LogP contribution in [0.15, 0.2) is 62.6 Å². The van der Waals surface area contributed by atoms with Gasteiger partial charge < -0.3 is 9.15 Å². The standard InChI is InChI=1S/C22H21NO6S/c1-14(23-30(26,27)18-8-3-2-4-9-18)22(25)28-13-17-12-21(24)29-20-11-16-7-5-6-15(16)10-19(17)20/h2-4,8-12,14,23H,5-7,13H2,1H3. The molecule has 0 radical (unpaired) electrons. The Morgan fingerprint density at radius 2 is 1.83 bits per heavy atom. The number of sulfonamides is 1. The van der Waals surface area contributed by atoms with Crippen molar-refractivity contribution in [1.82, 2.24) is 4.72 Å². The third kappa shape index (κ3) is 4.15. The number of hydrogen-bond acceptors (Lipinski definition) is 6. The highest BCUT2D eigenvalue weighted by Gasteiger charge is 2.23. The minimum absolute atomic E-state index is 0.0603. The highest BCUT2D eigenvalue weighted by atomic mass is 32.2. The summed E-state index contributed by atoms with van der Waals surface area (Å²) in [5.74, 6) is -0.739. The normalized spacial score (nSPS) is 14.4. The van der Waals surface area contributed by atoms with Crippen molar-refractivity contribution in [2.24, 2.45) is 0 Å². The van der Waals surface area contributed by atoms with Gasteiger partial charge in [0.15, 0.2) is 0 Å². The van der Waals surface area contributed by atoms with Crippen molar-refractivity contribution in [1.29, 1.82) is 0 Å². The average molecular weight is 427 g/mol. The van der Waals surface area contributed by atoms with Gasteiger partial charge in [0, 0.05) is 17.0 Å². The Hall–Kier alpha value is -2.97. The molecule has 1 unspecified atom stereocenters. The van der Waals surface area contributed by atoms with E-state index in [0.717, 1.165) is 24.6 Å². The number of benzene rings is 2. The monoisotopic (exact) mass is 427 g/mol. The van der Waals surface area contributed by atoms with Crippen molar-refractivity contribution in [3.8, 4) is 0 Å². The Bertz CT molecular complexity index is 1260. The van der Waals surface area contributed by atoms with E-state index in [1.54, 1.807) is 18.2 Å². The summed E-state index contributed by atoms with van der Waals surface area (Å²) in [5, 5.41) is 0.723. The molecule has 0 fully saturated rings. The number of nitrogens with one attached hydrogen (secondary N) is 1. The molecular weight excluding hydrogens is 406 g/mol. The van der Waals surface area contributed by atoms with Crippen molar-refractivity contribution < 1.29 is 22.4 Å². The van der Waals surface area contributed by atoms with Crippen LogP contribution in [0.2, 0.25) is 0 Å². The fourth-order valence-electron chi connectivity index (χ4n) is 3.64. The van der Waals surface area contributed by atoms with Crippen LogP contribution >= 0.6 is 0 Å². The van der Waals surface area contributed by atoms with Gasteiger partial charge in [0.2, 0.25) is 10.0 Å². The van der Waals surface area contributed by atoms with Gasteiger partial charge in [-0.1, -0.05) is 18.2 Å². The zero-order valence-electron chi connectivity index (χ0n) is 16.4. The predicted molar refractivity (Wildman–Crippen MR) is 111 cm³/mol. The minimum atomic E-state index is -3.85. The number of ether oxygens (including phenoxy) is 1. The SMILES string of the molecule is CC(NS(=O)(=O)c1ccccc1)C(=O)OCc1cc(=O)oc2cc3c(cc12)CCC3. The molecule has 1 atom stereocenters. The van der Waals surface area contributed by atoms with Crippen LogP contribution in [-0.2, 0) is 39.0 Å². The summed E-state index contributed by atoms with van der Waals surface area (Å²) in [6.45, 7) is 1.25. The van der Waals surface area contributed by atoms with Crippen molar-refractivity contribution in [2.75, 3.05) is 0 Å². The second-order valence-corrected chi connectivity index (χ2v) is 9.04. The lowest BCUT2D eigenvalue weighted by Gasteiger charge is -2.14. The number of rotatable bonds is 6. The highest BCUT2D eigenvalue weighted by molar-refractivity contribution is 7.89. The Morgan fingerprint density at radius 3 is 2.57 bits per heavy atom. The summed E-state index contributed by atoms with van der Waals surface area (Å²) < 4.78 is 37.7. The van der Waals surface area contributed by atoms with Crippen LogP contribution in [-0.4, -0.2) is 20.4 Å². The maximum absolute atomic E-state index is 12.4. The summed E-state index contributed by atoms with van der Waals surface area (Å²) >= 11 is 0. The van der Waals surface area contributed by atoms with Crippen LogP contribution in [0.3, 0.4) is 0 Å². The van der Waals surface area contributed by atoms with Gasteiger partial charge in [0.05, 0.1) is 4.90 Å². The van der Waals surface area contributed by atoms with Gasteiger partial charge in [-0.15, -0.1) is 0 Å². The van der Waals surface area contributed by atoms with Gasteiger partial charge in [-0.05, 0) is 61.6 Å². The first-order valence-corrected chi connectivity index (χ1v) is 11.1. The number of carbonyl (C=O) groups is 1. The quantitative estimate of drug-likeness (QED) is 0.479. The molecule has 0 saturated carbocycles. The maximum atomic E-state index is 12.4. The molecule has 30 heavy (non-hydrogen) atoms. The molecule has 1 heterocycles. The second-order valence-electron chi connectivity index (χ2n) is 7.33. The van der Waals surface area contributed by atoms with Crippen LogP contribution in [0.5, 0.6) is 0 Å². The summed E-state index contributed by atoms with van der Waals surface area (Å²) in [6.07, 6.45) is 2.97. The van der Waals surface area contributed by atoms with E-state index in [1.807, 2.05) is 12.1 Å². The van der Waals surface area contributed by atoms with E-state index >= 15 is 0 Å². The van der Waals surface area contributed by atoms with Gasteiger partial charge in [-0.2, -0.15) is 4.72 Å². The van der Waals surface area contributed by atoms with E-state index in [4.69, 9.17) is 9.15 Å². The largest absolute Gasteiger partial charge is 0.460 e. The topological polar surface area (TPSA) is 103 Å². The Kier molecular flexibility index (Phi) is 5.44. The molecular formula is C22H21NO6S. The van der Waals surface area contributed by atoms with Crippen molar-refractivity contribution in [2.45, 2.75) is 43.7 Å². The first-order valence-electron chi connectivity index (χ1n) is 9.66. The van der Waals surface area contributed by atoms with Gasteiger partial charge in [0.1, 0.15) is 18.2 Å². The molecule has 0 aliphatic heterocycles. The lowest BCUT2D eigenvalue weighted by atomic mass is 10.0. The fraction of sp³-hybridized carbons (Fsp3) is 0.273. The van der Waals surface area contributed by atoms with Crippen molar-refractivity contribution in [3.63, 3.8) is 0 Å². The summed E-state index contributed by atoms with van der Waals surface area (Å²) in [7, 11) is -3.85. The molecule has 1 aliphatic rings. The number of aryl methyl sites for hydroxylation is 2. The van der Waals surface area contributed by atoms with E-state index in [0.29, 0.717) is 11.1 Å². The number of esters is 1. The maximum Gasteiger partial charge on any atom is 0.336 e. The molecule has 0 amide bonds. The Balaban J connectivity index is 1.50. The Morgan fingerprint density at radius 1 is 1.13 bits per heavy atom. The molecule has 0 spiro atoms. The van der Waals surface area contributed by atoms with E-state index in [-0.39, 0.29) is 11.5 Å². The summed E-state index contributed by atoms with van der Waals surface area (Å²) in [6, 6.07) is 11.8. The van der Waals surface area contributed by atoms with E-state index < -0.39 is 27.7 Å². The van der Waals surface area contributed by atoms with Crippen LogP contribution in [0.4, 0.5) is 0 Å². The first-order chi connectivity index (χ1) is 14.3. The molecule has 0 bridgehead atoms. The molecule has 2 aromatic carbocycles. The second kappa shape index (κ2) is 8.04. The third-order valence-electron chi connectivity index (χ3n) is 5.15. The molecule has 7 nitrogen and oxygen atoms in total. The number of hydrogen-bond donors (Lipinski definition) is 1. The van der Waals surface area contributed by atoms with E-state index in [1.165, 1.54) is 36.2 Å². The Labute approximate surface area is 173 Å². The molecule has 1 N–H and O–H groups in total. The fourth-order valence-corrected chi connectivity index (χ4v) is 4.85. The zero-order valence-corrected chi connectivity index (χ0v) is 17.2. The lowest BCUT2D eigenvalue weighted by molar-refractivity contribution is -0.146. The zero-order chi connectivity index (χ0) is 21.3. The molecule has 1 aliphatic carbocycles. The van der Waals surface area contributed by atoms with E-state index in [9.17, 15) is 18.0 Å². The van der Waals surface area contributed by atoms with Crippen LogP contribution < -0.4 is 10.3 Å². The van der Waals surface area contributed by atoms with Crippen molar-refractivity contribution >= 4 is 27.0 Å². The molecule has 4 rings (SSSR count). The number of carbonyl (C=O) groups excluding carboxylic acids is 1. The average Bonchev–Trinajstić information content (AvgIpc) is 3.17. The first kappa shape index (κ1) is 20.3.